The zero-order valence-electron chi connectivity index (χ0n) is 17.8. The van der Waals surface area contributed by atoms with Crippen molar-refractivity contribution in [2.24, 2.45) is 7.05 Å². The van der Waals surface area contributed by atoms with Gasteiger partial charge in [-0.15, -0.1) is 0 Å². The number of carbonyl (C=O) groups excluding carboxylic acids is 1. The molecule has 10 nitrogen and oxygen atoms in total. The first-order valence-electron chi connectivity index (χ1n) is 10.5. The Morgan fingerprint density at radius 1 is 1.03 bits per heavy atom. The number of amides is 1. The minimum atomic E-state index is -0.683. The largest absolute Gasteiger partial charge is 0.351 e. The second-order valence-electron chi connectivity index (χ2n) is 7.81. The van der Waals surface area contributed by atoms with Gasteiger partial charge in [-0.25, -0.2) is 4.79 Å². The molecule has 3 heterocycles. The van der Waals surface area contributed by atoms with Gasteiger partial charge in [-0.3, -0.25) is 14.2 Å². The van der Waals surface area contributed by atoms with Gasteiger partial charge in [0.25, 0.3) is 5.56 Å². The Labute approximate surface area is 187 Å². The van der Waals surface area contributed by atoms with Crippen LogP contribution < -0.4 is 11.2 Å². The van der Waals surface area contributed by atoms with E-state index in [0.29, 0.717) is 18.8 Å². The second kappa shape index (κ2) is 8.30. The van der Waals surface area contributed by atoms with Gasteiger partial charge in [-0.1, -0.05) is 53.7 Å². The van der Waals surface area contributed by atoms with Crippen molar-refractivity contribution in [2.45, 2.75) is 12.3 Å². The third-order valence-electron chi connectivity index (χ3n) is 5.74. The van der Waals surface area contributed by atoms with E-state index in [1.165, 1.54) is 12.6 Å². The van der Waals surface area contributed by atoms with Crippen LogP contribution in [0.2, 0.25) is 0 Å². The fourth-order valence-electron chi connectivity index (χ4n) is 3.93. The third-order valence-corrected chi connectivity index (χ3v) is 5.74. The van der Waals surface area contributed by atoms with Crippen LogP contribution in [0.15, 0.2) is 74.8 Å². The number of nitrogens with zero attached hydrogens (tertiary/aromatic N) is 6. The Kier molecular flexibility index (Phi) is 5.17. The number of hydrogen-bond acceptors (Lipinski definition) is 7. The van der Waals surface area contributed by atoms with Gasteiger partial charge in [-0.2, -0.15) is 14.8 Å². The molecule has 1 aliphatic heterocycles. The molecule has 2 aromatic heterocycles. The first kappa shape index (κ1) is 20.6. The average molecular weight is 444 g/mol. The molecule has 0 aliphatic carbocycles. The third kappa shape index (κ3) is 3.75. The van der Waals surface area contributed by atoms with Gasteiger partial charge in [0.15, 0.2) is 5.69 Å². The summed E-state index contributed by atoms with van der Waals surface area (Å²) in [5.41, 5.74) is 0.168. The molecule has 4 aromatic rings. The molecule has 5 rings (SSSR count). The summed E-state index contributed by atoms with van der Waals surface area (Å²) in [4.78, 5) is 43.9. The molecular weight excluding hydrogens is 424 g/mol. The maximum atomic E-state index is 12.9. The van der Waals surface area contributed by atoms with Gasteiger partial charge < -0.3 is 9.42 Å². The minimum Gasteiger partial charge on any atom is -0.334 e. The fourth-order valence-corrected chi connectivity index (χ4v) is 3.93. The summed E-state index contributed by atoms with van der Waals surface area (Å²) >= 11 is 0. The maximum absolute atomic E-state index is 12.9. The lowest BCUT2D eigenvalue weighted by molar-refractivity contribution is 0.0741. The van der Waals surface area contributed by atoms with Gasteiger partial charge in [0.2, 0.25) is 5.82 Å². The van der Waals surface area contributed by atoms with Crippen molar-refractivity contribution in [3.8, 4) is 17.2 Å². The highest BCUT2D eigenvalue weighted by molar-refractivity contribution is 5.90. The molecule has 1 atom stereocenters. The van der Waals surface area contributed by atoms with Crippen LogP contribution in [-0.4, -0.2) is 48.4 Å². The number of para-hydroxylation sites is 1. The molecule has 10 heteroatoms. The molecule has 0 spiro atoms. The van der Waals surface area contributed by atoms with E-state index in [0.717, 1.165) is 15.7 Å². The summed E-state index contributed by atoms with van der Waals surface area (Å²) in [7, 11) is 1.34. The quantitative estimate of drug-likeness (QED) is 0.469. The molecule has 1 saturated heterocycles. The van der Waals surface area contributed by atoms with E-state index in [1.807, 2.05) is 30.3 Å². The number of carbonyl (C=O) groups is 1. The topological polar surface area (TPSA) is 116 Å². The number of hydrogen-bond donors (Lipinski definition) is 0. The van der Waals surface area contributed by atoms with E-state index in [1.54, 1.807) is 35.2 Å². The monoisotopic (exact) mass is 444 g/mol. The Balaban J connectivity index is 1.43. The smallest absolute Gasteiger partial charge is 0.334 e. The van der Waals surface area contributed by atoms with E-state index in [-0.39, 0.29) is 23.3 Å². The Morgan fingerprint density at radius 2 is 1.73 bits per heavy atom. The van der Waals surface area contributed by atoms with Crippen molar-refractivity contribution in [1.82, 2.24) is 29.4 Å². The zero-order chi connectivity index (χ0) is 22.9. The number of benzene rings is 2. The first-order chi connectivity index (χ1) is 16.0. The first-order valence-corrected chi connectivity index (χ1v) is 10.5. The molecule has 2 aromatic carbocycles. The predicted molar refractivity (Wildman–Crippen MR) is 118 cm³/mol. The summed E-state index contributed by atoms with van der Waals surface area (Å²) in [6, 6.07) is 18.7. The van der Waals surface area contributed by atoms with Crippen molar-refractivity contribution in [2.75, 3.05) is 13.1 Å². The van der Waals surface area contributed by atoms with Crippen LogP contribution in [0.5, 0.6) is 0 Å². The molecule has 0 saturated carbocycles. The lowest BCUT2D eigenvalue weighted by atomic mass is 9.99. The van der Waals surface area contributed by atoms with Crippen molar-refractivity contribution in [1.29, 1.82) is 0 Å². The predicted octanol–water partition coefficient (Wildman–Crippen LogP) is 1.61. The van der Waals surface area contributed by atoms with Gasteiger partial charge >= 0.3 is 17.5 Å². The number of aromatic nitrogens is 5. The molecule has 1 amide bonds. The number of rotatable bonds is 4. The fraction of sp³-hybridized carbons (Fsp3) is 0.217. The Bertz CT molecular complexity index is 1420. The molecular formula is C23H20N6O4. The molecule has 166 valence electrons. The Hall–Kier alpha value is -4.34. The molecule has 0 bridgehead atoms. The van der Waals surface area contributed by atoms with Crippen molar-refractivity contribution < 1.29 is 9.32 Å². The molecule has 0 radical (unpaired) electrons. The van der Waals surface area contributed by atoms with Gasteiger partial charge in [0.05, 0.1) is 5.69 Å². The standard InChI is InChI=1S/C23H20N6O4/c1-27-21(30)18(25-29(23(27)32)17-10-6-3-7-11-17)19-24-20(33-26-19)22(31)28-13-12-16(14-28)15-8-4-2-5-9-15/h2-11,16H,12-14H2,1H3. The summed E-state index contributed by atoms with van der Waals surface area (Å²) in [5, 5.41) is 7.95. The minimum absolute atomic E-state index is 0.151. The summed E-state index contributed by atoms with van der Waals surface area (Å²) in [5.74, 6) is -0.538. The van der Waals surface area contributed by atoms with Crippen LogP contribution in [0.4, 0.5) is 0 Å². The summed E-state index contributed by atoms with van der Waals surface area (Å²) in [6.45, 7) is 1.11. The van der Waals surface area contributed by atoms with Crippen LogP contribution >= 0.6 is 0 Å². The van der Waals surface area contributed by atoms with Crippen LogP contribution in [0.1, 0.15) is 28.6 Å². The summed E-state index contributed by atoms with van der Waals surface area (Å²) in [6.07, 6.45) is 0.834. The number of likely N-dealkylation sites (tertiary alicyclic amines) is 1. The lowest BCUT2D eigenvalue weighted by Crippen LogP contribution is -2.40. The van der Waals surface area contributed by atoms with E-state index in [2.05, 4.69) is 15.2 Å². The van der Waals surface area contributed by atoms with Crippen molar-refractivity contribution in [3.05, 3.63) is 93.0 Å². The zero-order valence-corrected chi connectivity index (χ0v) is 17.8. The second-order valence-corrected chi connectivity index (χ2v) is 7.81. The van der Waals surface area contributed by atoms with Crippen LogP contribution in [0.3, 0.4) is 0 Å². The van der Waals surface area contributed by atoms with Crippen LogP contribution in [0.25, 0.3) is 17.2 Å². The SMILES string of the molecule is Cn1c(=O)c(-c2noc(C(=O)N3CCC(c4ccccc4)C3)n2)nn(-c2ccccc2)c1=O. The van der Waals surface area contributed by atoms with Gasteiger partial charge in [0, 0.05) is 26.1 Å². The van der Waals surface area contributed by atoms with E-state index >= 15 is 0 Å². The van der Waals surface area contributed by atoms with Gasteiger partial charge in [-0.05, 0) is 24.1 Å². The molecule has 0 N–H and O–H groups in total. The van der Waals surface area contributed by atoms with Gasteiger partial charge in [0.1, 0.15) is 0 Å². The van der Waals surface area contributed by atoms with Crippen LogP contribution in [0, 0.1) is 0 Å². The van der Waals surface area contributed by atoms with E-state index in [9.17, 15) is 14.4 Å². The van der Waals surface area contributed by atoms with E-state index in [4.69, 9.17) is 4.52 Å². The summed E-state index contributed by atoms with van der Waals surface area (Å²) < 4.78 is 7.17. The van der Waals surface area contributed by atoms with E-state index < -0.39 is 17.2 Å². The van der Waals surface area contributed by atoms with Crippen molar-refractivity contribution >= 4 is 5.91 Å². The van der Waals surface area contributed by atoms with Crippen molar-refractivity contribution in [3.63, 3.8) is 0 Å². The highest BCUT2D eigenvalue weighted by Crippen LogP contribution is 2.28. The normalized spacial score (nSPS) is 15.7. The highest BCUT2D eigenvalue weighted by atomic mass is 16.5. The average Bonchev–Trinajstić information content (AvgIpc) is 3.54. The van der Waals surface area contributed by atoms with Crippen LogP contribution in [-0.2, 0) is 7.05 Å². The molecule has 1 aliphatic rings. The molecule has 1 unspecified atom stereocenters. The highest BCUT2D eigenvalue weighted by Gasteiger charge is 2.31. The lowest BCUT2D eigenvalue weighted by Gasteiger charge is -2.14. The molecule has 33 heavy (non-hydrogen) atoms. The Morgan fingerprint density at radius 3 is 2.45 bits per heavy atom. The molecule has 1 fully saturated rings. The maximum Gasteiger partial charge on any atom is 0.351 e.